The van der Waals surface area contributed by atoms with Gasteiger partial charge in [-0.2, -0.15) is 11.3 Å². The fourth-order valence-corrected chi connectivity index (χ4v) is 2.09. The lowest BCUT2D eigenvalue weighted by Gasteiger charge is -2.10. The van der Waals surface area contributed by atoms with Crippen LogP contribution < -0.4 is 5.73 Å². The van der Waals surface area contributed by atoms with Gasteiger partial charge in [-0.1, -0.05) is 6.07 Å². The summed E-state index contributed by atoms with van der Waals surface area (Å²) in [4.78, 5) is 4.14. The van der Waals surface area contributed by atoms with Gasteiger partial charge in [-0.15, -0.1) is 0 Å². The van der Waals surface area contributed by atoms with Gasteiger partial charge in [0.1, 0.15) is 0 Å². The molecule has 0 fully saturated rings. The summed E-state index contributed by atoms with van der Waals surface area (Å²) < 4.78 is 0. The van der Waals surface area contributed by atoms with Crippen molar-refractivity contribution >= 4 is 11.3 Å². The van der Waals surface area contributed by atoms with Crippen LogP contribution in [-0.4, -0.2) is 4.98 Å². The molecule has 72 valence electrons. The van der Waals surface area contributed by atoms with Crippen LogP contribution in [0.2, 0.25) is 0 Å². The first-order chi connectivity index (χ1) is 6.77. The molecular formula is C11H12N2S. The normalized spacial score (nSPS) is 12.7. The van der Waals surface area contributed by atoms with Crippen molar-refractivity contribution in [3.8, 4) is 0 Å². The Balaban J connectivity index is 2.32. The van der Waals surface area contributed by atoms with Gasteiger partial charge in [-0.3, -0.25) is 4.98 Å². The Hall–Kier alpha value is -1.19. The summed E-state index contributed by atoms with van der Waals surface area (Å²) in [6.45, 7) is 2.02. The van der Waals surface area contributed by atoms with Crippen molar-refractivity contribution in [2.45, 2.75) is 13.0 Å². The zero-order valence-electron chi connectivity index (χ0n) is 7.97. The van der Waals surface area contributed by atoms with Crippen LogP contribution in [-0.2, 0) is 0 Å². The molecule has 0 amide bonds. The van der Waals surface area contributed by atoms with Gasteiger partial charge in [0.05, 0.1) is 6.04 Å². The van der Waals surface area contributed by atoms with E-state index < -0.39 is 0 Å². The molecule has 0 aliphatic carbocycles. The summed E-state index contributed by atoms with van der Waals surface area (Å²) in [6, 6.07) is 4.08. The van der Waals surface area contributed by atoms with E-state index in [2.05, 4.69) is 22.5 Å². The predicted octanol–water partition coefficient (Wildman–Crippen LogP) is 2.50. The van der Waals surface area contributed by atoms with E-state index in [-0.39, 0.29) is 6.04 Å². The Kier molecular flexibility index (Phi) is 2.61. The number of pyridine rings is 1. The highest BCUT2D eigenvalue weighted by Crippen LogP contribution is 2.21. The Morgan fingerprint density at radius 3 is 2.86 bits per heavy atom. The Bertz CT molecular complexity index is 409. The van der Waals surface area contributed by atoms with E-state index in [9.17, 15) is 0 Å². The van der Waals surface area contributed by atoms with Crippen LogP contribution in [0.1, 0.15) is 22.7 Å². The number of thiophene rings is 1. The van der Waals surface area contributed by atoms with Crippen molar-refractivity contribution in [3.05, 3.63) is 52.0 Å². The lowest BCUT2D eigenvalue weighted by molar-refractivity contribution is 0.865. The lowest BCUT2D eigenvalue weighted by Crippen LogP contribution is -2.11. The van der Waals surface area contributed by atoms with Crippen LogP contribution in [0.4, 0.5) is 0 Å². The van der Waals surface area contributed by atoms with Gasteiger partial charge >= 0.3 is 0 Å². The number of aromatic nitrogens is 1. The zero-order valence-corrected chi connectivity index (χ0v) is 8.79. The van der Waals surface area contributed by atoms with Crippen LogP contribution in [0.15, 0.2) is 35.3 Å². The Morgan fingerprint density at radius 1 is 1.36 bits per heavy atom. The molecule has 0 saturated carbocycles. The maximum absolute atomic E-state index is 6.10. The minimum absolute atomic E-state index is 0.0475. The number of nitrogens with zero attached hydrogens (tertiary/aromatic N) is 1. The van der Waals surface area contributed by atoms with Gasteiger partial charge in [0.15, 0.2) is 0 Å². The lowest BCUT2D eigenvalue weighted by atomic mass is 10.0. The molecule has 0 aliphatic rings. The number of hydrogen-bond acceptors (Lipinski definition) is 3. The van der Waals surface area contributed by atoms with Gasteiger partial charge in [-0.25, -0.2) is 0 Å². The quantitative estimate of drug-likeness (QED) is 0.816. The van der Waals surface area contributed by atoms with E-state index in [4.69, 9.17) is 5.73 Å². The number of rotatable bonds is 2. The van der Waals surface area contributed by atoms with E-state index >= 15 is 0 Å². The summed E-state index contributed by atoms with van der Waals surface area (Å²) in [5.41, 5.74) is 9.47. The summed E-state index contributed by atoms with van der Waals surface area (Å²) in [5.74, 6) is 0. The second kappa shape index (κ2) is 3.90. The van der Waals surface area contributed by atoms with Gasteiger partial charge in [0.2, 0.25) is 0 Å². The second-order valence-electron chi connectivity index (χ2n) is 3.33. The number of hydrogen-bond donors (Lipinski definition) is 1. The Morgan fingerprint density at radius 2 is 2.21 bits per heavy atom. The van der Waals surface area contributed by atoms with Gasteiger partial charge in [0, 0.05) is 12.4 Å². The van der Waals surface area contributed by atoms with Crippen LogP contribution >= 0.6 is 11.3 Å². The molecule has 0 spiro atoms. The number of aryl methyl sites for hydroxylation is 1. The van der Waals surface area contributed by atoms with Crippen molar-refractivity contribution in [3.63, 3.8) is 0 Å². The van der Waals surface area contributed by atoms with Crippen LogP contribution in [0.5, 0.6) is 0 Å². The molecule has 0 aromatic carbocycles. The van der Waals surface area contributed by atoms with Crippen molar-refractivity contribution in [2.24, 2.45) is 5.73 Å². The van der Waals surface area contributed by atoms with Crippen molar-refractivity contribution in [1.82, 2.24) is 4.98 Å². The summed E-state index contributed by atoms with van der Waals surface area (Å²) in [6.07, 6.45) is 3.67. The molecule has 14 heavy (non-hydrogen) atoms. The highest BCUT2D eigenvalue weighted by molar-refractivity contribution is 7.08. The standard InChI is InChI=1S/C11H12N2S/c1-8-4-10(6-13-5-8)11(12)9-2-3-14-7-9/h2-7,11H,12H2,1H3. The van der Waals surface area contributed by atoms with Crippen molar-refractivity contribution < 1.29 is 0 Å². The molecule has 0 radical (unpaired) electrons. The minimum atomic E-state index is -0.0475. The van der Waals surface area contributed by atoms with E-state index in [1.807, 2.05) is 24.7 Å². The van der Waals surface area contributed by atoms with Gasteiger partial charge < -0.3 is 5.73 Å². The smallest absolute Gasteiger partial charge is 0.0575 e. The third kappa shape index (κ3) is 1.84. The third-order valence-electron chi connectivity index (χ3n) is 2.16. The molecule has 2 aromatic rings. The largest absolute Gasteiger partial charge is 0.320 e. The van der Waals surface area contributed by atoms with E-state index in [1.54, 1.807) is 11.3 Å². The third-order valence-corrected chi connectivity index (χ3v) is 2.86. The summed E-state index contributed by atoms with van der Waals surface area (Å²) >= 11 is 1.67. The molecule has 2 N–H and O–H groups in total. The van der Waals surface area contributed by atoms with E-state index in [0.717, 1.165) is 16.7 Å². The number of nitrogens with two attached hydrogens (primary N) is 1. The minimum Gasteiger partial charge on any atom is -0.320 e. The highest BCUT2D eigenvalue weighted by Gasteiger charge is 2.08. The summed E-state index contributed by atoms with van der Waals surface area (Å²) in [7, 11) is 0. The SMILES string of the molecule is Cc1cncc(C(N)c2ccsc2)c1. The average molecular weight is 204 g/mol. The highest BCUT2D eigenvalue weighted by atomic mass is 32.1. The zero-order chi connectivity index (χ0) is 9.97. The Labute approximate surface area is 87.4 Å². The van der Waals surface area contributed by atoms with Gasteiger partial charge in [-0.05, 0) is 40.4 Å². The molecule has 2 nitrogen and oxygen atoms in total. The molecule has 2 rings (SSSR count). The maximum atomic E-state index is 6.10. The van der Waals surface area contributed by atoms with Crippen LogP contribution in [0.25, 0.3) is 0 Å². The van der Waals surface area contributed by atoms with Crippen molar-refractivity contribution in [1.29, 1.82) is 0 Å². The molecule has 1 unspecified atom stereocenters. The predicted molar refractivity (Wildman–Crippen MR) is 59.3 cm³/mol. The van der Waals surface area contributed by atoms with Crippen molar-refractivity contribution in [2.75, 3.05) is 0 Å². The molecule has 2 heterocycles. The summed E-state index contributed by atoms with van der Waals surface area (Å²) in [5, 5.41) is 4.12. The molecule has 0 aliphatic heterocycles. The van der Waals surface area contributed by atoms with Crippen LogP contribution in [0.3, 0.4) is 0 Å². The fourth-order valence-electron chi connectivity index (χ4n) is 1.39. The molecule has 1 atom stereocenters. The molecule has 3 heteroatoms. The maximum Gasteiger partial charge on any atom is 0.0575 e. The van der Waals surface area contributed by atoms with E-state index in [1.165, 1.54) is 0 Å². The van der Waals surface area contributed by atoms with E-state index in [0.29, 0.717) is 0 Å². The first kappa shape index (κ1) is 9.37. The molecule has 0 bridgehead atoms. The molecule has 2 aromatic heterocycles. The first-order valence-corrected chi connectivity index (χ1v) is 5.41. The second-order valence-corrected chi connectivity index (χ2v) is 4.11. The fraction of sp³-hybridized carbons (Fsp3) is 0.182. The monoisotopic (exact) mass is 204 g/mol. The first-order valence-electron chi connectivity index (χ1n) is 4.46. The van der Waals surface area contributed by atoms with Gasteiger partial charge in [0.25, 0.3) is 0 Å². The van der Waals surface area contributed by atoms with Crippen LogP contribution in [0, 0.1) is 6.92 Å². The molecule has 0 saturated heterocycles. The average Bonchev–Trinajstić information content (AvgIpc) is 2.69. The topological polar surface area (TPSA) is 38.9 Å². The molecular weight excluding hydrogens is 192 g/mol.